The fourth-order valence-corrected chi connectivity index (χ4v) is 3.22. The number of halogens is 1. The minimum atomic E-state index is -0.882. The fraction of sp³-hybridized carbons (Fsp3) is 0.350. The SMILES string of the molecule is Cc1cc(CNCC(=O)O)cc(Cl)c1Cc1ccc(O)c(C(C)C)c1. The summed E-state index contributed by atoms with van der Waals surface area (Å²) < 4.78 is 0. The first-order chi connectivity index (χ1) is 11.8. The first-order valence-electron chi connectivity index (χ1n) is 8.30. The molecule has 0 unspecified atom stereocenters. The molecule has 0 saturated heterocycles. The normalized spacial score (nSPS) is 11.1. The molecule has 3 N–H and O–H groups in total. The van der Waals surface area contributed by atoms with Crippen molar-refractivity contribution in [1.29, 1.82) is 0 Å². The molecule has 2 rings (SSSR count). The zero-order valence-corrected chi connectivity index (χ0v) is 15.5. The molecule has 0 amide bonds. The number of hydrogen-bond donors (Lipinski definition) is 3. The minimum Gasteiger partial charge on any atom is -0.508 e. The van der Waals surface area contributed by atoms with Gasteiger partial charge in [0, 0.05) is 11.6 Å². The summed E-state index contributed by atoms with van der Waals surface area (Å²) >= 11 is 6.47. The quantitative estimate of drug-likeness (QED) is 0.689. The summed E-state index contributed by atoms with van der Waals surface area (Å²) in [7, 11) is 0. The molecule has 0 spiro atoms. The van der Waals surface area contributed by atoms with Gasteiger partial charge in [0.2, 0.25) is 0 Å². The predicted octanol–water partition coefficient (Wildman–Crippen LogP) is 4.24. The number of carbonyl (C=O) groups is 1. The van der Waals surface area contributed by atoms with Crippen molar-refractivity contribution >= 4 is 17.6 Å². The third-order valence-electron chi connectivity index (χ3n) is 4.18. The molecule has 0 fully saturated rings. The van der Waals surface area contributed by atoms with Crippen LogP contribution in [0.3, 0.4) is 0 Å². The molecule has 4 nitrogen and oxygen atoms in total. The van der Waals surface area contributed by atoms with Gasteiger partial charge in [-0.05, 0) is 59.2 Å². The zero-order chi connectivity index (χ0) is 18.6. The Labute approximate surface area is 153 Å². The highest BCUT2D eigenvalue weighted by atomic mass is 35.5. The second kappa shape index (κ2) is 8.37. The van der Waals surface area contributed by atoms with Crippen LogP contribution in [0.4, 0.5) is 0 Å². The maximum absolute atomic E-state index is 10.6. The van der Waals surface area contributed by atoms with Crippen LogP contribution in [0.25, 0.3) is 0 Å². The van der Waals surface area contributed by atoms with E-state index in [1.165, 1.54) is 0 Å². The van der Waals surface area contributed by atoms with E-state index in [0.29, 0.717) is 23.7 Å². The van der Waals surface area contributed by atoms with Crippen LogP contribution in [0.15, 0.2) is 30.3 Å². The van der Waals surface area contributed by atoms with Gasteiger partial charge in [-0.25, -0.2) is 0 Å². The van der Waals surface area contributed by atoms with Crippen LogP contribution in [0.5, 0.6) is 5.75 Å². The van der Waals surface area contributed by atoms with E-state index in [-0.39, 0.29) is 12.5 Å². The molecule has 0 atom stereocenters. The third kappa shape index (κ3) is 5.21. The van der Waals surface area contributed by atoms with Gasteiger partial charge in [0.25, 0.3) is 0 Å². The number of phenols is 1. The van der Waals surface area contributed by atoms with Crippen molar-refractivity contribution in [1.82, 2.24) is 5.32 Å². The molecule has 0 bridgehead atoms. The largest absolute Gasteiger partial charge is 0.508 e. The first kappa shape index (κ1) is 19.3. The Bertz CT molecular complexity index is 749. The summed E-state index contributed by atoms with van der Waals surface area (Å²) in [6, 6.07) is 9.58. The molecule has 0 heterocycles. The lowest BCUT2D eigenvalue weighted by atomic mass is 9.94. The number of phenolic OH excluding ortho intramolecular Hbond substituents is 1. The standard InChI is InChI=1S/C20H24ClNO3/c1-12(2)16-7-14(4-5-19(16)23)8-17-13(3)6-15(9-18(17)21)10-22-11-20(24)25/h4-7,9,12,22-23H,8,10-11H2,1-3H3,(H,24,25). The Kier molecular flexibility index (Phi) is 6.45. The van der Waals surface area contributed by atoms with Crippen LogP contribution in [-0.2, 0) is 17.8 Å². The van der Waals surface area contributed by atoms with Gasteiger partial charge in [-0.1, -0.05) is 43.6 Å². The molecule has 0 saturated carbocycles. The molecule has 25 heavy (non-hydrogen) atoms. The lowest BCUT2D eigenvalue weighted by Crippen LogP contribution is -2.21. The van der Waals surface area contributed by atoms with E-state index >= 15 is 0 Å². The molecular weight excluding hydrogens is 338 g/mol. The van der Waals surface area contributed by atoms with Crippen LogP contribution >= 0.6 is 11.6 Å². The van der Waals surface area contributed by atoms with Crippen LogP contribution in [0, 0.1) is 6.92 Å². The van der Waals surface area contributed by atoms with Crippen LogP contribution in [-0.4, -0.2) is 22.7 Å². The molecule has 0 aliphatic carbocycles. The summed E-state index contributed by atoms with van der Waals surface area (Å²) in [5.74, 6) is -0.312. The number of aryl methyl sites for hydroxylation is 1. The second-order valence-corrected chi connectivity index (χ2v) is 7.00. The van der Waals surface area contributed by atoms with Gasteiger partial charge in [-0.2, -0.15) is 0 Å². The monoisotopic (exact) mass is 361 g/mol. The molecular formula is C20H24ClNO3. The Morgan fingerprint density at radius 2 is 1.92 bits per heavy atom. The summed E-state index contributed by atoms with van der Waals surface area (Å²) in [5, 5.41) is 22.2. The average Bonchev–Trinajstić information content (AvgIpc) is 2.51. The van der Waals surface area contributed by atoms with Crippen LogP contribution in [0.1, 0.15) is 47.6 Å². The van der Waals surface area contributed by atoms with Gasteiger partial charge in [0.15, 0.2) is 0 Å². The number of nitrogens with one attached hydrogen (secondary N) is 1. The Morgan fingerprint density at radius 3 is 2.52 bits per heavy atom. The average molecular weight is 362 g/mol. The number of rotatable bonds is 7. The number of hydrogen-bond acceptors (Lipinski definition) is 3. The number of benzene rings is 2. The highest BCUT2D eigenvalue weighted by Gasteiger charge is 2.11. The second-order valence-electron chi connectivity index (χ2n) is 6.60. The maximum atomic E-state index is 10.6. The molecule has 0 radical (unpaired) electrons. The minimum absolute atomic E-state index is 0.0795. The maximum Gasteiger partial charge on any atom is 0.317 e. The topological polar surface area (TPSA) is 69.6 Å². The van der Waals surface area contributed by atoms with Crippen molar-refractivity contribution in [2.75, 3.05) is 6.54 Å². The van der Waals surface area contributed by atoms with Crippen molar-refractivity contribution < 1.29 is 15.0 Å². The highest BCUT2D eigenvalue weighted by molar-refractivity contribution is 6.31. The van der Waals surface area contributed by atoms with E-state index in [4.69, 9.17) is 16.7 Å². The highest BCUT2D eigenvalue weighted by Crippen LogP contribution is 2.30. The number of aliphatic carboxylic acids is 1. The van der Waals surface area contributed by atoms with Gasteiger partial charge >= 0.3 is 5.97 Å². The molecule has 0 aromatic heterocycles. The van der Waals surface area contributed by atoms with Crippen molar-refractivity contribution in [3.8, 4) is 5.75 Å². The summed E-state index contributed by atoms with van der Waals surface area (Å²) in [6.45, 7) is 6.49. The first-order valence-corrected chi connectivity index (χ1v) is 8.68. The van der Waals surface area contributed by atoms with Gasteiger partial charge in [0.1, 0.15) is 5.75 Å². The van der Waals surface area contributed by atoms with Crippen LogP contribution < -0.4 is 5.32 Å². The van der Waals surface area contributed by atoms with Gasteiger partial charge < -0.3 is 15.5 Å². The smallest absolute Gasteiger partial charge is 0.317 e. The Hall–Kier alpha value is -2.04. The summed E-state index contributed by atoms with van der Waals surface area (Å²) in [5.41, 5.74) is 5.10. The molecule has 2 aromatic rings. The molecule has 0 aliphatic heterocycles. The van der Waals surface area contributed by atoms with Crippen molar-refractivity contribution in [3.05, 3.63) is 63.2 Å². The molecule has 5 heteroatoms. The number of carboxylic acids is 1. The van der Waals surface area contributed by atoms with Crippen molar-refractivity contribution in [3.63, 3.8) is 0 Å². The van der Waals surface area contributed by atoms with E-state index in [1.54, 1.807) is 6.07 Å². The molecule has 134 valence electrons. The Balaban J connectivity index is 2.20. The summed E-state index contributed by atoms with van der Waals surface area (Å²) in [4.78, 5) is 10.6. The third-order valence-corrected chi connectivity index (χ3v) is 4.52. The van der Waals surface area contributed by atoms with E-state index in [1.807, 2.05) is 31.2 Å². The molecule has 0 aliphatic rings. The van der Waals surface area contributed by atoms with Crippen LogP contribution in [0.2, 0.25) is 5.02 Å². The lowest BCUT2D eigenvalue weighted by molar-refractivity contribution is -0.135. The number of carboxylic acid groups (broad SMARTS) is 1. The summed E-state index contributed by atoms with van der Waals surface area (Å²) in [6.07, 6.45) is 0.688. The van der Waals surface area contributed by atoms with Crippen molar-refractivity contribution in [2.24, 2.45) is 0 Å². The van der Waals surface area contributed by atoms with E-state index in [2.05, 4.69) is 19.2 Å². The lowest BCUT2D eigenvalue weighted by Gasteiger charge is -2.14. The molecule has 2 aromatic carbocycles. The predicted molar refractivity (Wildman–Crippen MR) is 101 cm³/mol. The Morgan fingerprint density at radius 1 is 1.20 bits per heavy atom. The fourth-order valence-electron chi connectivity index (χ4n) is 2.87. The van der Waals surface area contributed by atoms with E-state index in [9.17, 15) is 9.90 Å². The number of aromatic hydroxyl groups is 1. The van der Waals surface area contributed by atoms with Gasteiger partial charge in [-0.15, -0.1) is 0 Å². The van der Waals surface area contributed by atoms with Crippen molar-refractivity contribution in [2.45, 2.75) is 39.7 Å². The van der Waals surface area contributed by atoms with E-state index in [0.717, 1.165) is 27.8 Å². The van der Waals surface area contributed by atoms with Gasteiger partial charge in [0.05, 0.1) is 6.54 Å². The zero-order valence-electron chi connectivity index (χ0n) is 14.8. The van der Waals surface area contributed by atoms with Gasteiger partial charge in [-0.3, -0.25) is 4.79 Å². The van der Waals surface area contributed by atoms with E-state index < -0.39 is 5.97 Å².